The molecule has 17 heavy (non-hydrogen) atoms. The molecule has 10 nitrogen and oxygen atoms in total. The Bertz CT molecular complexity index is 270. The van der Waals surface area contributed by atoms with Gasteiger partial charge in [-0.05, 0) is 0 Å². The minimum atomic E-state index is -2.77. The molecule has 1 unspecified atom stereocenters. The molecule has 0 heterocycles. The fraction of sp³-hybridized carbons (Fsp3) is 0.500. The molecule has 0 saturated carbocycles. The molecular formula is C6H13NO9Ti. The summed E-state index contributed by atoms with van der Waals surface area (Å²) in [6.45, 7) is 0. The molecule has 0 aliphatic carbocycles. The maximum atomic E-state index is 10.4. The van der Waals surface area contributed by atoms with E-state index >= 15 is 0 Å². The smallest absolute Gasteiger partial charge is 0.345 e. The zero-order valence-electron chi connectivity index (χ0n) is 8.54. The maximum absolute atomic E-state index is 10.4. The first-order valence-electron chi connectivity index (χ1n) is 3.33. The number of rotatable bonds is 5. The van der Waals surface area contributed by atoms with Gasteiger partial charge in [0.15, 0.2) is 5.60 Å². The minimum absolute atomic E-state index is 0. The molecule has 0 aromatic rings. The molecule has 0 rings (SSSR count). The molecule has 1 atom stereocenters. The average molecular weight is 291 g/mol. The number of carbonyl (C=O) groups is 3. The number of carboxylic acid groups (broad SMARTS) is 2. The Labute approximate surface area is 110 Å². The van der Waals surface area contributed by atoms with Crippen LogP contribution < -0.4 is 6.15 Å². The summed E-state index contributed by atoms with van der Waals surface area (Å²) in [5.41, 5.74) is -2.77. The van der Waals surface area contributed by atoms with Crippen LogP contribution >= 0.6 is 0 Å². The van der Waals surface area contributed by atoms with Crippen molar-refractivity contribution in [2.45, 2.75) is 18.4 Å². The van der Waals surface area contributed by atoms with E-state index < -0.39 is 36.4 Å². The third-order valence-electron chi connectivity index (χ3n) is 1.38. The molecule has 0 amide bonds. The first kappa shape index (κ1) is 25.0. The first-order valence-corrected chi connectivity index (χ1v) is 3.33. The van der Waals surface area contributed by atoms with Gasteiger partial charge in [0, 0.05) is 21.7 Å². The number of carboxylic acids is 2. The van der Waals surface area contributed by atoms with Gasteiger partial charge in [0.25, 0.3) is 0 Å². The van der Waals surface area contributed by atoms with Crippen LogP contribution in [0, 0.1) is 0 Å². The van der Waals surface area contributed by atoms with E-state index in [1.807, 2.05) is 0 Å². The van der Waals surface area contributed by atoms with Crippen LogP contribution in [0.3, 0.4) is 0 Å². The summed E-state index contributed by atoms with van der Waals surface area (Å²) in [5.74, 6) is -4.91. The van der Waals surface area contributed by atoms with Gasteiger partial charge in [-0.15, -0.1) is 0 Å². The van der Waals surface area contributed by atoms with E-state index in [2.05, 4.69) is 4.89 Å². The summed E-state index contributed by atoms with van der Waals surface area (Å²) in [7, 11) is 0. The maximum Gasteiger partial charge on any atom is 0.345 e. The van der Waals surface area contributed by atoms with E-state index in [4.69, 9.17) is 20.6 Å². The van der Waals surface area contributed by atoms with Crippen LogP contribution in [-0.4, -0.2) is 49.6 Å². The van der Waals surface area contributed by atoms with Crippen molar-refractivity contribution >= 4 is 17.9 Å². The number of hydrogen-bond acceptors (Lipinski definition) is 7. The fourth-order valence-electron chi connectivity index (χ4n) is 0.735. The van der Waals surface area contributed by atoms with Gasteiger partial charge in [-0.25, -0.2) is 9.59 Å². The van der Waals surface area contributed by atoms with E-state index in [-0.39, 0.29) is 33.3 Å². The van der Waals surface area contributed by atoms with Crippen molar-refractivity contribution in [1.29, 1.82) is 0 Å². The van der Waals surface area contributed by atoms with Gasteiger partial charge in [0.05, 0.1) is 12.8 Å². The summed E-state index contributed by atoms with van der Waals surface area (Å²) < 4.78 is 0. The van der Waals surface area contributed by atoms with Gasteiger partial charge < -0.3 is 31.8 Å². The van der Waals surface area contributed by atoms with Crippen LogP contribution in [0.15, 0.2) is 0 Å². The summed E-state index contributed by atoms with van der Waals surface area (Å²) in [4.78, 5) is 34.1. The molecule has 0 bridgehead atoms. The van der Waals surface area contributed by atoms with Crippen molar-refractivity contribution in [3.8, 4) is 0 Å². The molecule has 0 fully saturated rings. The van der Waals surface area contributed by atoms with E-state index in [0.29, 0.717) is 0 Å². The molecule has 0 aromatic carbocycles. The molecule has 0 aliphatic rings. The third-order valence-corrected chi connectivity index (χ3v) is 1.38. The van der Waals surface area contributed by atoms with Crippen LogP contribution in [0.25, 0.3) is 0 Å². The zero-order valence-corrected chi connectivity index (χ0v) is 10.1. The van der Waals surface area contributed by atoms with Crippen LogP contribution in [0.1, 0.15) is 12.8 Å². The monoisotopic (exact) mass is 291 g/mol. The Morgan fingerprint density at radius 2 is 1.53 bits per heavy atom. The van der Waals surface area contributed by atoms with Crippen LogP contribution in [-0.2, 0) is 41.0 Å². The molecule has 0 aromatic heterocycles. The Hall–Kier alpha value is -1.04. The Balaban J connectivity index is -0.000000282. The Kier molecular flexibility index (Phi) is 14.9. The third kappa shape index (κ3) is 8.74. The van der Waals surface area contributed by atoms with Crippen molar-refractivity contribution in [1.82, 2.24) is 6.15 Å². The molecule has 0 radical (unpaired) electrons. The summed E-state index contributed by atoms with van der Waals surface area (Å²) in [6.07, 6.45) is -2.32. The van der Waals surface area contributed by atoms with E-state index in [1.54, 1.807) is 0 Å². The number of carbonyl (C=O) groups excluding carboxylic acids is 1. The number of aliphatic carboxylic acids is 2. The van der Waals surface area contributed by atoms with Crippen LogP contribution in [0.2, 0.25) is 0 Å². The second-order valence-corrected chi connectivity index (χ2v) is 2.55. The topological polar surface area (TPSA) is 208 Å². The van der Waals surface area contributed by atoms with E-state index in [1.165, 1.54) is 0 Å². The fourth-order valence-corrected chi connectivity index (χ4v) is 0.735. The largest absolute Gasteiger partial charge is 0.481 e. The van der Waals surface area contributed by atoms with Gasteiger partial charge >= 0.3 is 17.9 Å². The molecular weight excluding hydrogens is 278 g/mol. The summed E-state index contributed by atoms with van der Waals surface area (Å²) in [5, 5.41) is 33.6. The van der Waals surface area contributed by atoms with Crippen LogP contribution in [0.5, 0.6) is 0 Å². The number of aliphatic hydroxyl groups is 1. The van der Waals surface area contributed by atoms with Crippen LogP contribution in [0.4, 0.5) is 0 Å². The van der Waals surface area contributed by atoms with Crippen molar-refractivity contribution in [3.05, 3.63) is 0 Å². The van der Waals surface area contributed by atoms with Gasteiger partial charge in [0.2, 0.25) is 0 Å². The van der Waals surface area contributed by atoms with Gasteiger partial charge in [-0.1, -0.05) is 0 Å². The Morgan fingerprint density at radius 3 is 1.76 bits per heavy atom. The molecule has 0 aliphatic heterocycles. The molecule has 11 heteroatoms. The Morgan fingerprint density at radius 1 is 1.12 bits per heavy atom. The SMILES string of the molecule is N.O.O=C(O)CC(O)(CC(=O)OO)C(=O)O.[Ti]. The summed E-state index contributed by atoms with van der Waals surface area (Å²) >= 11 is 0. The van der Waals surface area contributed by atoms with Gasteiger partial charge in [-0.2, -0.15) is 5.26 Å². The normalized spacial score (nSPS) is 11.6. The predicted octanol–water partition coefficient (Wildman–Crippen LogP) is -1.98. The molecule has 0 spiro atoms. The van der Waals surface area contributed by atoms with Crippen molar-refractivity contribution in [2.24, 2.45) is 0 Å². The summed E-state index contributed by atoms with van der Waals surface area (Å²) in [6, 6.07) is 0. The first-order chi connectivity index (χ1) is 6.31. The predicted molar refractivity (Wildman–Crippen MR) is 46.8 cm³/mol. The molecule has 9 N–H and O–H groups in total. The van der Waals surface area contributed by atoms with Gasteiger partial charge in [0.1, 0.15) is 0 Å². The molecule has 0 saturated heterocycles. The zero-order chi connectivity index (χ0) is 11.4. The minimum Gasteiger partial charge on any atom is -0.481 e. The average Bonchev–Trinajstić information content (AvgIpc) is 2.02. The van der Waals surface area contributed by atoms with Crippen molar-refractivity contribution in [3.63, 3.8) is 0 Å². The van der Waals surface area contributed by atoms with E-state index in [9.17, 15) is 14.4 Å². The quantitative estimate of drug-likeness (QED) is 0.215. The number of hydrogen-bond donors (Lipinski definition) is 5. The second-order valence-electron chi connectivity index (χ2n) is 2.55. The standard InChI is InChI=1S/C6H8O8.H3N.H2O.Ti/c7-3(8)1-6(12,5(10)11)2-4(9)14-13;;;/h12-13H,1-2H2,(H,7,8)(H,10,11);1H3;1H2;. The molecule has 100 valence electrons. The van der Waals surface area contributed by atoms with Crippen molar-refractivity contribution < 1.29 is 67.0 Å². The van der Waals surface area contributed by atoms with E-state index in [0.717, 1.165) is 0 Å². The van der Waals surface area contributed by atoms with Gasteiger partial charge in [-0.3, -0.25) is 4.79 Å². The van der Waals surface area contributed by atoms with Crippen molar-refractivity contribution in [2.75, 3.05) is 0 Å². The second kappa shape index (κ2) is 10.1.